The number of hydrogen-bond donors (Lipinski definition) is 0. The molecule has 5 rings (SSSR count). The van der Waals surface area contributed by atoms with Gasteiger partial charge in [0, 0.05) is 50.9 Å². The number of carbonyl (C=O) groups excluding carboxylic acids is 1. The van der Waals surface area contributed by atoms with Crippen molar-refractivity contribution in [3.8, 4) is 0 Å². The highest BCUT2D eigenvalue weighted by Gasteiger charge is 2.46. The predicted molar refractivity (Wildman–Crippen MR) is 195 cm³/mol. The third-order valence-corrected chi connectivity index (χ3v) is 9.44. The maximum atomic E-state index is 14.5. The first kappa shape index (κ1) is 34.0. The van der Waals surface area contributed by atoms with Crippen molar-refractivity contribution in [3.63, 3.8) is 0 Å². The minimum atomic E-state index is -0.517. The smallest absolute Gasteiger partial charge is 0.336 e. The van der Waals surface area contributed by atoms with E-state index in [1.54, 1.807) is 0 Å². The Hall–Kier alpha value is -4.31. The molecule has 0 spiro atoms. The van der Waals surface area contributed by atoms with E-state index in [-0.39, 0.29) is 17.3 Å². The predicted octanol–water partition coefficient (Wildman–Crippen LogP) is 9.96. The number of ether oxygens (including phenoxy) is 1. The van der Waals surface area contributed by atoms with Gasteiger partial charge >= 0.3 is 5.97 Å². The fourth-order valence-electron chi connectivity index (χ4n) is 7.21. The number of anilines is 1. The van der Waals surface area contributed by atoms with Crippen molar-refractivity contribution in [2.75, 3.05) is 19.0 Å². The van der Waals surface area contributed by atoms with Crippen LogP contribution < -0.4 is 4.90 Å². The van der Waals surface area contributed by atoms with E-state index in [4.69, 9.17) is 4.74 Å². The Bertz CT molecular complexity index is 1580. The van der Waals surface area contributed by atoms with Crippen LogP contribution in [-0.4, -0.2) is 30.6 Å². The minimum Gasteiger partial charge on any atom is -0.455 e. The first-order valence-electron chi connectivity index (χ1n) is 17.2. The summed E-state index contributed by atoms with van der Waals surface area (Å²) in [6, 6.07) is 40.7. The van der Waals surface area contributed by atoms with Crippen molar-refractivity contribution in [2.24, 2.45) is 5.41 Å². The van der Waals surface area contributed by atoms with Gasteiger partial charge in [-0.2, -0.15) is 0 Å². The van der Waals surface area contributed by atoms with Gasteiger partial charge < -0.3 is 14.5 Å². The molecule has 4 aromatic carbocycles. The number of benzene rings is 4. The zero-order valence-electron chi connectivity index (χ0n) is 29.2. The van der Waals surface area contributed by atoms with Crippen LogP contribution in [0, 0.1) is 5.41 Å². The van der Waals surface area contributed by atoms with Gasteiger partial charge in [0.2, 0.25) is 0 Å². The van der Waals surface area contributed by atoms with Crippen LogP contribution in [0.15, 0.2) is 127 Å². The number of aryl methyl sites for hydroxylation is 1. The average Bonchev–Trinajstić information content (AvgIpc) is 3.06. The van der Waals surface area contributed by atoms with Gasteiger partial charge in [-0.05, 0) is 59.1 Å². The summed E-state index contributed by atoms with van der Waals surface area (Å²) in [5.41, 5.74) is 7.23. The van der Waals surface area contributed by atoms with Crippen LogP contribution in [0.1, 0.15) is 81.5 Å². The summed E-state index contributed by atoms with van der Waals surface area (Å²) in [5.74, 6) is -0.311. The summed E-state index contributed by atoms with van der Waals surface area (Å²) in [4.78, 5) is 19.1. The van der Waals surface area contributed by atoms with Gasteiger partial charge in [-0.15, -0.1) is 0 Å². The quantitative estimate of drug-likeness (QED) is 0.138. The lowest BCUT2D eigenvalue weighted by Gasteiger charge is -2.44. The Balaban J connectivity index is 1.54. The largest absolute Gasteiger partial charge is 0.455 e. The summed E-state index contributed by atoms with van der Waals surface area (Å²) in [7, 11) is 4.17. The fraction of sp³-hybridized carbons (Fsp3) is 0.372. The zero-order chi connectivity index (χ0) is 33.4. The molecule has 0 bridgehead atoms. The molecule has 0 amide bonds. The molecule has 0 saturated carbocycles. The van der Waals surface area contributed by atoms with Crippen LogP contribution in [-0.2, 0) is 29.0 Å². The second kappa shape index (κ2) is 15.1. The molecule has 246 valence electrons. The minimum absolute atomic E-state index is 0.142. The third kappa shape index (κ3) is 8.54. The zero-order valence-corrected chi connectivity index (χ0v) is 29.2. The van der Waals surface area contributed by atoms with Crippen LogP contribution in [0.3, 0.4) is 0 Å². The number of carbonyl (C=O) groups is 1. The number of cyclic esters (lactones) is 1. The highest BCUT2D eigenvalue weighted by Crippen LogP contribution is 2.48. The van der Waals surface area contributed by atoms with Crippen molar-refractivity contribution in [2.45, 2.75) is 84.4 Å². The molecule has 0 saturated heterocycles. The molecule has 1 aliphatic rings. The van der Waals surface area contributed by atoms with Crippen LogP contribution >= 0.6 is 0 Å². The van der Waals surface area contributed by atoms with Gasteiger partial charge in [0.1, 0.15) is 5.60 Å². The molecule has 1 aliphatic heterocycles. The highest BCUT2D eigenvalue weighted by atomic mass is 16.6. The number of rotatable bonds is 13. The monoisotopic (exact) mass is 628 g/mol. The van der Waals surface area contributed by atoms with Gasteiger partial charge in [-0.3, -0.25) is 0 Å². The summed E-state index contributed by atoms with van der Waals surface area (Å²) in [6.45, 7) is 10.5. The SMILES string of the molecule is CCC[C@@]1(CCc2ccccc2)CC(N(C)C)=C([C@H](c2cccc(N(Cc3ccccc3)Cc3ccccc3)c2)C(C)(C)C)C(=O)O1. The molecule has 0 fully saturated rings. The Morgan fingerprint density at radius 2 is 1.30 bits per heavy atom. The summed E-state index contributed by atoms with van der Waals surface area (Å²) in [5, 5.41) is 0. The van der Waals surface area contributed by atoms with Gasteiger partial charge in [-0.25, -0.2) is 4.79 Å². The number of nitrogens with zero attached hydrogens (tertiary/aromatic N) is 2. The topological polar surface area (TPSA) is 32.8 Å². The first-order valence-corrected chi connectivity index (χ1v) is 17.2. The second-order valence-electron chi connectivity index (χ2n) is 14.5. The van der Waals surface area contributed by atoms with E-state index in [1.807, 2.05) is 0 Å². The molecular formula is C43H52N2O2. The first-order chi connectivity index (χ1) is 22.6. The van der Waals surface area contributed by atoms with E-state index >= 15 is 0 Å². The molecule has 0 radical (unpaired) electrons. The molecule has 1 heterocycles. The Kier molecular flexibility index (Phi) is 10.9. The Labute approximate surface area is 283 Å². The van der Waals surface area contributed by atoms with Crippen LogP contribution in [0.4, 0.5) is 5.69 Å². The van der Waals surface area contributed by atoms with Crippen molar-refractivity contribution in [1.82, 2.24) is 4.90 Å². The van der Waals surface area contributed by atoms with E-state index in [0.717, 1.165) is 67.7 Å². The van der Waals surface area contributed by atoms with Gasteiger partial charge in [0.05, 0.1) is 5.57 Å². The third-order valence-electron chi connectivity index (χ3n) is 9.44. The maximum absolute atomic E-state index is 14.5. The Morgan fingerprint density at radius 1 is 0.745 bits per heavy atom. The molecule has 0 N–H and O–H groups in total. The van der Waals surface area contributed by atoms with E-state index in [0.29, 0.717) is 0 Å². The van der Waals surface area contributed by atoms with Crippen LogP contribution in [0.2, 0.25) is 0 Å². The van der Waals surface area contributed by atoms with E-state index in [2.05, 4.69) is 167 Å². The van der Waals surface area contributed by atoms with Crippen LogP contribution in [0.25, 0.3) is 0 Å². The highest BCUT2D eigenvalue weighted by molar-refractivity contribution is 5.92. The number of hydrogen-bond acceptors (Lipinski definition) is 4. The molecule has 0 aliphatic carbocycles. The molecule has 2 atom stereocenters. The molecule has 4 aromatic rings. The summed E-state index contributed by atoms with van der Waals surface area (Å²) < 4.78 is 6.63. The number of esters is 1. The second-order valence-corrected chi connectivity index (χ2v) is 14.5. The molecule has 0 unspecified atom stereocenters. The average molecular weight is 629 g/mol. The molecule has 47 heavy (non-hydrogen) atoms. The van der Waals surface area contributed by atoms with E-state index < -0.39 is 5.60 Å². The van der Waals surface area contributed by atoms with E-state index in [1.165, 1.54) is 16.7 Å². The van der Waals surface area contributed by atoms with Gasteiger partial charge in [-0.1, -0.05) is 137 Å². The summed E-state index contributed by atoms with van der Waals surface area (Å²) >= 11 is 0. The lowest BCUT2D eigenvalue weighted by atomic mass is 9.69. The molecule has 4 heteroatoms. The standard InChI is InChI=1S/C43H52N2O2/c1-7-27-43(28-26-33-18-11-8-12-19-33)30-38(44(5)6)39(41(46)47-43)40(42(2,3)4)36-24-17-25-37(29-36)45(31-34-20-13-9-14-21-34)32-35-22-15-10-16-23-35/h8-25,29,40H,7,26-28,30-32H2,1-6H3/t40-,43+/m0/s1. The van der Waals surface area contributed by atoms with E-state index in [9.17, 15) is 4.79 Å². The van der Waals surface area contributed by atoms with Gasteiger partial charge in [0.15, 0.2) is 0 Å². The Morgan fingerprint density at radius 3 is 1.81 bits per heavy atom. The maximum Gasteiger partial charge on any atom is 0.336 e. The van der Waals surface area contributed by atoms with Crippen molar-refractivity contribution in [3.05, 3.63) is 149 Å². The molecule has 0 aromatic heterocycles. The van der Waals surface area contributed by atoms with Crippen molar-refractivity contribution >= 4 is 11.7 Å². The lowest BCUT2D eigenvalue weighted by Crippen LogP contribution is -2.45. The van der Waals surface area contributed by atoms with Crippen molar-refractivity contribution < 1.29 is 9.53 Å². The lowest BCUT2D eigenvalue weighted by molar-refractivity contribution is -0.161. The normalized spacial score (nSPS) is 17.3. The molecular weight excluding hydrogens is 576 g/mol. The fourth-order valence-corrected chi connectivity index (χ4v) is 7.21. The molecule has 4 nitrogen and oxygen atoms in total. The van der Waals surface area contributed by atoms with Crippen LogP contribution in [0.5, 0.6) is 0 Å². The summed E-state index contributed by atoms with van der Waals surface area (Å²) in [6.07, 6.45) is 4.22. The van der Waals surface area contributed by atoms with Crippen molar-refractivity contribution in [1.29, 1.82) is 0 Å². The van der Waals surface area contributed by atoms with Gasteiger partial charge in [0.25, 0.3) is 0 Å².